The van der Waals surface area contributed by atoms with Gasteiger partial charge < -0.3 is 29.6 Å². The average Bonchev–Trinajstić information content (AvgIpc) is 2.70. The number of hydrogen-bond acceptors (Lipinski definition) is 5. The van der Waals surface area contributed by atoms with E-state index in [0.29, 0.717) is 23.8 Å². The second kappa shape index (κ2) is 14.0. The number of methoxy groups -OCH3 is 3. The van der Waals surface area contributed by atoms with Crippen molar-refractivity contribution in [3.63, 3.8) is 0 Å². The molecule has 0 aliphatic rings. The van der Waals surface area contributed by atoms with Gasteiger partial charge in [-0.15, -0.1) is 0 Å². The molecular weight excluding hydrogens is 346 g/mol. The van der Waals surface area contributed by atoms with Crippen molar-refractivity contribution in [1.82, 2.24) is 10.6 Å². The number of guanidine groups is 1. The molecule has 0 unspecified atom stereocenters. The number of nitrogens with zero attached hydrogens (tertiary/aromatic N) is 1. The lowest BCUT2D eigenvalue weighted by Crippen LogP contribution is -2.38. The van der Waals surface area contributed by atoms with Crippen molar-refractivity contribution in [2.75, 3.05) is 47.6 Å². The Bertz CT molecular complexity index is 539. The Kier molecular flexibility index (Phi) is 11.8. The van der Waals surface area contributed by atoms with E-state index in [1.54, 1.807) is 21.3 Å². The smallest absolute Gasteiger partial charge is 0.191 e. The summed E-state index contributed by atoms with van der Waals surface area (Å²) in [6, 6.07) is 3.67. The lowest BCUT2D eigenvalue weighted by atomic mass is 10.1. The highest BCUT2D eigenvalue weighted by Crippen LogP contribution is 2.34. The van der Waals surface area contributed by atoms with Gasteiger partial charge in [-0.1, -0.05) is 13.3 Å². The maximum Gasteiger partial charge on any atom is 0.191 e. The highest BCUT2D eigenvalue weighted by molar-refractivity contribution is 5.79. The monoisotopic (exact) mass is 381 g/mol. The van der Waals surface area contributed by atoms with Crippen molar-refractivity contribution in [3.05, 3.63) is 17.7 Å². The van der Waals surface area contributed by atoms with E-state index in [9.17, 15) is 0 Å². The van der Waals surface area contributed by atoms with E-state index in [-0.39, 0.29) is 0 Å². The molecule has 27 heavy (non-hydrogen) atoms. The van der Waals surface area contributed by atoms with Crippen LogP contribution < -0.4 is 24.8 Å². The molecule has 2 N–H and O–H groups in total. The summed E-state index contributed by atoms with van der Waals surface area (Å²) in [7, 11) is 4.87. The lowest BCUT2D eigenvalue weighted by Gasteiger charge is -2.15. The molecule has 0 fully saturated rings. The molecular formula is C20H35N3O4. The standard InChI is InChI=1S/C20H35N3O4/c1-6-8-11-27-12-9-10-22-20(21-7-2)23-15-17-18(25-4)13-16(24-3)14-19(17)26-5/h13-14H,6-12,15H2,1-5H3,(H2,21,22,23). The summed E-state index contributed by atoms with van der Waals surface area (Å²) in [6.45, 7) is 7.81. The van der Waals surface area contributed by atoms with Crippen LogP contribution in [0.15, 0.2) is 17.1 Å². The quantitative estimate of drug-likeness (QED) is 0.311. The molecule has 0 spiro atoms. The summed E-state index contributed by atoms with van der Waals surface area (Å²) in [4.78, 5) is 4.66. The van der Waals surface area contributed by atoms with Gasteiger partial charge >= 0.3 is 0 Å². The number of unbranched alkanes of at least 4 members (excludes halogenated alkanes) is 1. The highest BCUT2D eigenvalue weighted by Gasteiger charge is 2.13. The van der Waals surface area contributed by atoms with Gasteiger partial charge in [-0.3, -0.25) is 0 Å². The molecule has 0 atom stereocenters. The van der Waals surface area contributed by atoms with E-state index in [0.717, 1.165) is 57.1 Å². The second-order valence-electron chi connectivity index (χ2n) is 5.95. The molecule has 0 saturated carbocycles. The fraction of sp³-hybridized carbons (Fsp3) is 0.650. The predicted octanol–water partition coefficient (Wildman–Crippen LogP) is 2.97. The molecule has 0 heterocycles. The van der Waals surface area contributed by atoms with Gasteiger partial charge in [0.15, 0.2) is 5.96 Å². The molecule has 7 nitrogen and oxygen atoms in total. The van der Waals surface area contributed by atoms with Gasteiger partial charge in [0.25, 0.3) is 0 Å². The fourth-order valence-electron chi connectivity index (χ4n) is 2.46. The summed E-state index contributed by atoms with van der Waals surface area (Å²) in [6.07, 6.45) is 3.21. The van der Waals surface area contributed by atoms with E-state index >= 15 is 0 Å². The zero-order valence-electron chi connectivity index (χ0n) is 17.4. The number of aliphatic imine (C=N–C) groups is 1. The minimum atomic E-state index is 0.429. The van der Waals surface area contributed by atoms with Crippen molar-refractivity contribution in [1.29, 1.82) is 0 Å². The first-order valence-corrected chi connectivity index (χ1v) is 9.58. The zero-order chi connectivity index (χ0) is 19.9. The van der Waals surface area contributed by atoms with Crippen LogP contribution in [0.4, 0.5) is 0 Å². The first kappa shape index (κ1) is 22.9. The Morgan fingerprint density at radius 1 is 0.926 bits per heavy atom. The van der Waals surface area contributed by atoms with E-state index < -0.39 is 0 Å². The lowest BCUT2D eigenvalue weighted by molar-refractivity contribution is 0.129. The number of rotatable bonds is 13. The van der Waals surface area contributed by atoms with Crippen molar-refractivity contribution >= 4 is 5.96 Å². The summed E-state index contributed by atoms with van der Waals surface area (Å²) in [5.74, 6) is 2.82. The zero-order valence-corrected chi connectivity index (χ0v) is 17.4. The molecule has 1 aromatic rings. The third-order valence-electron chi connectivity index (χ3n) is 3.96. The largest absolute Gasteiger partial charge is 0.496 e. The van der Waals surface area contributed by atoms with E-state index in [1.165, 1.54) is 0 Å². The third-order valence-corrected chi connectivity index (χ3v) is 3.96. The fourth-order valence-corrected chi connectivity index (χ4v) is 2.46. The summed E-state index contributed by atoms with van der Waals surface area (Å²) < 4.78 is 21.8. The molecule has 0 amide bonds. The third kappa shape index (κ3) is 8.39. The van der Waals surface area contributed by atoms with Gasteiger partial charge in [0.05, 0.1) is 33.4 Å². The van der Waals surface area contributed by atoms with Crippen LogP contribution in [-0.2, 0) is 11.3 Å². The SMILES string of the molecule is CCCCOCCCNC(=NCc1c(OC)cc(OC)cc1OC)NCC. The Morgan fingerprint density at radius 3 is 2.15 bits per heavy atom. The first-order valence-electron chi connectivity index (χ1n) is 9.58. The number of nitrogens with one attached hydrogen (secondary N) is 2. The highest BCUT2D eigenvalue weighted by atomic mass is 16.5. The van der Waals surface area contributed by atoms with Crippen LogP contribution in [0, 0.1) is 0 Å². The molecule has 1 aromatic carbocycles. The van der Waals surface area contributed by atoms with Gasteiger partial charge in [-0.25, -0.2) is 4.99 Å². The van der Waals surface area contributed by atoms with Gasteiger partial charge in [0, 0.05) is 38.4 Å². The van der Waals surface area contributed by atoms with Crippen LogP contribution in [-0.4, -0.2) is 53.6 Å². The maximum absolute atomic E-state index is 5.58. The Morgan fingerprint density at radius 2 is 1.59 bits per heavy atom. The molecule has 1 rings (SSSR count). The molecule has 154 valence electrons. The van der Waals surface area contributed by atoms with Crippen LogP contribution >= 0.6 is 0 Å². The predicted molar refractivity (Wildman–Crippen MR) is 109 cm³/mol. The molecule has 7 heteroatoms. The van der Waals surface area contributed by atoms with Crippen LogP contribution in [0.5, 0.6) is 17.2 Å². The van der Waals surface area contributed by atoms with Crippen LogP contribution in [0.3, 0.4) is 0 Å². The molecule has 0 saturated heterocycles. The average molecular weight is 382 g/mol. The Hall–Kier alpha value is -2.15. The summed E-state index contributed by atoms with van der Waals surface area (Å²) in [5.41, 5.74) is 0.876. The second-order valence-corrected chi connectivity index (χ2v) is 5.95. The van der Waals surface area contributed by atoms with Crippen molar-refractivity contribution in [2.45, 2.75) is 39.7 Å². The number of ether oxygens (including phenoxy) is 4. The summed E-state index contributed by atoms with van der Waals surface area (Å²) >= 11 is 0. The molecule has 0 aliphatic heterocycles. The maximum atomic E-state index is 5.58. The molecule has 0 aliphatic carbocycles. The van der Waals surface area contributed by atoms with Gasteiger partial charge in [-0.2, -0.15) is 0 Å². The van der Waals surface area contributed by atoms with E-state index in [1.807, 2.05) is 19.1 Å². The van der Waals surface area contributed by atoms with Crippen molar-refractivity contribution in [3.8, 4) is 17.2 Å². The van der Waals surface area contributed by atoms with Gasteiger partial charge in [-0.05, 0) is 19.8 Å². The van der Waals surface area contributed by atoms with Crippen LogP contribution in [0.25, 0.3) is 0 Å². The summed E-state index contributed by atoms with van der Waals surface area (Å²) in [5, 5.41) is 6.59. The van der Waals surface area contributed by atoms with Crippen LogP contribution in [0.1, 0.15) is 38.7 Å². The Labute approximate surface area is 163 Å². The topological polar surface area (TPSA) is 73.3 Å². The minimum absolute atomic E-state index is 0.429. The first-order chi connectivity index (χ1) is 13.2. The Balaban J connectivity index is 2.69. The van der Waals surface area contributed by atoms with Gasteiger partial charge in [0.2, 0.25) is 0 Å². The van der Waals surface area contributed by atoms with E-state index in [4.69, 9.17) is 18.9 Å². The van der Waals surface area contributed by atoms with Gasteiger partial charge in [0.1, 0.15) is 17.2 Å². The number of benzene rings is 1. The normalized spacial score (nSPS) is 11.2. The van der Waals surface area contributed by atoms with Crippen molar-refractivity contribution in [2.24, 2.45) is 4.99 Å². The molecule has 0 aromatic heterocycles. The molecule has 0 bridgehead atoms. The van der Waals surface area contributed by atoms with E-state index in [2.05, 4.69) is 22.5 Å². The van der Waals surface area contributed by atoms with Crippen molar-refractivity contribution < 1.29 is 18.9 Å². The molecule has 0 radical (unpaired) electrons. The van der Waals surface area contributed by atoms with Crippen LogP contribution in [0.2, 0.25) is 0 Å². The number of hydrogen-bond donors (Lipinski definition) is 2. The minimum Gasteiger partial charge on any atom is -0.496 e.